The fourth-order valence-electron chi connectivity index (χ4n) is 3.59. The lowest BCUT2D eigenvalue weighted by atomic mass is 9.93. The number of fused-ring (bicyclic) bond motifs is 1. The summed E-state index contributed by atoms with van der Waals surface area (Å²) in [4.78, 5) is 32.2. The molecule has 2 aliphatic heterocycles. The Morgan fingerprint density at radius 3 is 2.28 bits per heavy atom. The van der Waals surface area contributed by atoms with E-state index in [9.17, 15) is 9.59 Å². The number of piperazine rings is 1. The predicted octanol–water partition coefficient (Wildman–Crippen LogP) is 3.12. The van der Waals surface area contributed by atoms with Gasteiger partial charge in [0.05, 0.1) is 23.9 Å². The first kappa shape index (κ1) is 19.5. The van der Waals surface area contributed by atoms with Gasteiger partial charge in [0.2, 0.25) is 0 Å². The van der Waals surface area contributed by atoms with Crippen molar-refractivity contribution in [2.75, 3.05) is 45.2 Å². The van der Waals surface area contributed by atoms with Crippen LogP contribution in [-0.4, -0.2) is 62.0 Å². The van der Waals surface area contributed by atoms with Crippen LogP contribution in [0.3, 0.4) is 0 Å². The minimum Gasteiger partial charge on any atom is -0.497 e. The van der Waals surface area contributed by atoms with Crippen LogP contribution in [0.25, 0.3) is 5.57 Å². The molecule has 0 aliphatic carbocycles. The van der Waals surface area contributed by atoms with Crippen LogP contribution in [0.4, 0.5) is 5.69 Å². The second-order valence-electron chi connectivity index (χ2n) is 7.22. The molecule has 0 unspecified atom stereocenters. The number of carbonyl (C=O) groups excluding carboxylic acids is 2. The summed E-state index contributed by atoms with van der Waals surface area (Å²) >= 11 is 5.99. The minimum atomic E-state index is -0.373. The number of benzene rings is 2. The minimum absolute atomic E-state index is 0.339. The van der Waals surface area contributed by atoms with Crippen LogP contribution in [0.2, 0.25) is 5.02 Å². The summed E-state index contributed by atoms with van der Waals surface area (Å²) in [6.07, 6.45) is 1.88. The summed E-state index contributed by atoms with van der Waals surface area (Å²) in [6.45, 7) is 3.50. The molecule has 0 saturated carbocycles. The number of rotatable bonds is 3. The first-order chi connectivity index (χ1) is 14.0. The van der Waals surface area contributed by atoms with Crippen molar-refractivity contribution in [1.29, 1.82) is 0 Å². The summed E-state index contributed by atoms with van der Waals surface area (Å²) < 4.78 is 5.30. The van der Waals surface area contributed by atoms with Crippen molar-refractivity contribution in [2.24, 2.45) is 0 Å². The number of methoxy groups -OCH3 is 1. The first-order valence-electron chi connectivity index (χ1n) is 9.45. The van der Waals surface area contributed by atoms with E-state index >= 15 is 0 Å². The Balaban J connectivity index is 1.81. The third-order valence-electron chi connectivity index (χ3n) is 5.32. The number of anilines is 1. The van der Waals surface area contributed by atoms with Gasteiger partial charge in [-0.25, -0.2) is 4.90 Å². The van der Waals surface area contributed by atoms with Gasteiger partial charge in [0.15, 0.2) is 0 Å². The van der Waals surface area contributed by atoms with E-state index in [1.807, 2.05) is 6.20 Å². The number of imide groups is 1. The fourth-order valence-corrected chi connectivity index (χ4v) is 3.72. The molecule has 29 heavy (non-hydrogen) atoms. The predicted molar refractivity (Wildman–Crippen MR) is 113 cm³/mol. The summed E-state index contributed by atoms with van der Waals surface area (Å²) in [5.74, 6) is -0.142. The van der Waals surface area contributed by atoms with Crippen molar-refractivity contribution in [1.82, 2.24) is 9.80 Å². The van der Waals surface area contributed by atoms with Crippen molar-refractivity contribution in [3.63, 3.8) is 0 Å². The van der Waals surface area contributed by atoms with Crippen molar-refractivity contribution in [3.05, 3.63) is 64.8 Å². The molecule has 0 spiro atoms. The van der Waals surface area contributed by atoms with Gasteiger partial charge in [-0.3, -0.25) is 9.59 Å². The highest BCUT2D eigenvalue weighted by Crippen LogP contribution is 2.34. The first-order valence-corrected chi connectivity index (χ1v) is 9.83. The molecule has 150 valence electrons. The van der Waals surface area contributed by atoms with E-state index in [2.05, 4.69) is 16.8 Å². The van der Waals surface area contributed by atoms with Gasteiger partial charge < -0.3 is 14.5 Å². The van der Waals surface area contributed by atoms with Crippen LogP contribution < -0.4 is 9.64 Å². The van der Waals surface area contributed by atoms with E-state index in [1.165, 1.54) is 4.90 Å². The summed E-state index contributed by atoms with van der Waals surface area (Å²) in [5, 5.41) is 0.543. The molecular formula is C22H22ClN3O3. The maximum Gasteiger partial charge on any atom is 0.267 e. The number of carbonyl (C=O) groups is 2. The van der Waals surface area contributed by atoms with Gasteiger partial charge in [-0.05, 0) is 49.5 Å². The number of halogens is 1. The Kier molecular flexibility index (Phi) is 5.30. The maximum atomic E-state index is 13.4. The third kappa shape index (κ3) is 3.73. The van der Waals surface area contributed by atoms with Crippen LogP contribution in [0, 0.1) is 0 Å². The number of amides is 2. The molecule has 7 heteroatoms. The van der Waals surface area contributed by atoms with E-state index < -0.39 is 0 Å². The number of ether oxygens (including phenoxy) is 1. The van der Waals surface area contributed by atoms with Crippen molar-refractivity contribution < 1.29 is 14.3 Å². The van der Waals surface area contributed by atoms with Gasteiger partial charge in [-0.15, -0.1) is 0 Å². The Labute approximate surface area is 174 Å². The molecule has 1 fully saturated rings. The standard InChI is InChI=1S/C22H22ClN3O3/c1-24-9-11-25(12-10-24)14-20-18-8-7-17(29-2)13-19(18)21(27)26(22(20)28)16-5-3-15(23)4-6-16/h3-8,13-14H,9-12H2,1-2H3/b20-14-. The van der Waals surface area contributed by atoms with E-state index in [-0.39, 0.29) is 11.8 Å². The molecule has 0 aromatic heterocycles. The van der Waals surface area contributed by atoms with Crippen LogP contribution in [-0.2, 0) is 4.79 Å². The zero-order chi connectivity index (χ0) is 20.5. The SMILES string of the molecule is COc1ccc2c(c1)C(=O)N(c1ccc(Cl)cc1)C(=O)/C2=C\N1CCN(C)CC1. The average molecular weight is 412 g/mol. The van der Waals surface area contributed by atoms with Gasteiger partial charge in [-0.1, -0.05) is 11.6 Å². The summed E-state index contributed by atoms with van der Waals surface area (Å²) in [5.41, 5.74) is 2.06. The van der Waals surface area contributed by atoms with Crippen molar-refractivity contribution in [3.8, 4) is 5.75 Å². The van der Waals surface area contributed by atoms with E-state index in [0.717, 1.165) is 26.2 Å². The molecule has 2 aliphatic rings. The van der Waals surface area contributed by atoms with Crippen LogP contribution >= 0.6 is 11.6 Å². The topological polar surface area (TPSA) is 53.1 Å². The maximum absolute atomic E-state index is 13.4. The molecule has 4 rings (SSSR count). The van der Waals surface area contributed by atoms with E-state index in [4.69, 9.17) is 16.3 Å². The quantitative estimate of drug-likeness (QED) is 0.573. The fraction of sp³-hybridized carbons (Fsp3) is 0.273. The number of likely N-dealkylation sites (N-methyl/N-ethyl adjacent to an activating group) is 1. The second-order valence-corrected chi connectivity index (χ2v) is 7.65. The van der Waals surface area contributed by atoms with Crippen LogP contribution in [0.5, 0.6) is 5.75 Å². The van der Waals surface area contributed by atoms with Gasteiger partial charge >= 0.3 is 0 Å². The molecule has 2 aromatic rings. The zero-order valence-electron chi connectivity index (χ0n) is 16.4. The molecular weight excluding hydrogens is 390 g/mol. The van der Waals surface area contributed by atoms with Gasteiger partial charge in [0, 0.05) is 43.0 Å². The van der Waals surface area contributed by atoms with Crippen molar-refractivity contribution >= 4 is 34.7 Å². The molecule has 2 heterocycles. The highest BCUT2D eigenvalue weighted by atomic mass is 35.5. The normalized spacial score (nSPS) is 18.9. The lowest BCUT2D eigenvalue weighted by Crippen LogP contribution is -2.44. The molecule has 0 bridgehead atoms. The summed E-state index contributed by atoms with van der Waals surface area (Å²) in [6, 6.07) is 11.9. The molecule has 0 N–H and O–H groups in total. The molecule has 1 saturated heterocycles. The van der Waals surface area contributed by atoms with Gasteiger partial charge in [0.1, 0.15) is 5.75 Å². The van der Waals surface area contributed by atoms with Crippen molar-refractivity contribution in [2.45, 2.75) is 0 Å². The van der Waals surface area contributed by atoms with Gasteiger partial charge in [-0.2, -0.15) is 0 Å². The highest BCUT2D eigenvalue weighted by molar-refractivity contribution is 6.41. The Morgan fingerprint density at radius 1 is 0.931 bits per heavy atom. The highest BCUT2D eigenvalue weighted by Gasteiger charge is 2.36. The molecule has 2 amide bonds. The van der Waals surface area contributed by atoms with Gasteiger partial charge in [0.25, 0.3) is 11.8 Å². The Morgan fingerprint density at radius 2 is 1.62 bits per heavy atom. The monoisotopic (exact) mass is 411 g/mol. The zero-order valence-corrected chi connectivity index (χ0v) is 17.1. The third-order valence-corrected chi connectivity index (χ3v) is 5.57. The smallest absolute Gasteiger partial charge is 0.267 e. The average Bonchev–Trinajstić information content (AvgIpc) is 2.73. The van der Waals surface area contributed by atoms with E-state index in [0.29, 0.717) is 33.2 Å². The number of hydrogen-bond acceptors (Lipinski definition) is 5. The molecule has 2 aromatic carbocycles. The Bertz CT molecular complexity index is 979. The Hall–Kier alpha value is -2.83. The molecule has 0 atom stereocenters. The number of nitrogens with zero attached hydrogens (tertiary/aromatic N) is 3. The lowest BCUT2D eigenvalue weighted by molar-refractivity contribution is -0.112. The number of hydrogen-bond donors (Lipinski definition) is 0. The van der Waals surface area contributed by atoms with Crippen LogP contribution in [0.1, 0.15) is 15.9 Å². The van der Waals surface area contributed by atoms with E-state index in [1.54, 1.807) is 49.6 Å². The van der Waals surface area contributed by atoms with Crippen LogP contribution in [0.15, 0.2) is 48.7 Å². The summed E-state index contributed by atoms with van der Waals surface area (Å²) in [7, 11) is 3.64. The molecule has 0 radical (unpaired) electrons. The second kappa shape index (κ2) is 7.89. The largest absolute Gasteiger partial charge is 0.497 e. The lowest BCUT2D eigenvalue weighted by Gasteiger charge is -2.34. The molecule has 6 nitrogen and oxygen atoms in total.